The third-order valence-electron chi connectivity index (χ3n) is 2.10. The summed E-state index contributed by atoms with van der Waals surface area (Å²) < 4.78 is 135. The second-order valence-electron chi connectivity index (χ2n) is 3.27. The highest BCUT2D eigenvalue weighted by Gasteiger charge is 2.62. The van der Waals surface area contributed by atoms with Crippen LogP contribution < -0.4 is 0 Å². The minimum atomic E-state index is -6.18. The summed E-state index contributed by atoms with van der Waals surface area (Å²) in [5.74, 6) is -21.4. The van der Waals surface area contributed by atoms with Gasteiger partial charge in [-0.3, -0.25) is 4.21 Å². The molecular weight excluding hydrogens is 331 g/mol. The lowest BCUT2D eigenvalue weighted by molar-refractivity contribution is -0.168. The molecule has 2 nitrogen and oxygen atoms in total. The summed E-state index contributed by atoms with van der Waals surface area (Å²) in [6.45, 7) is 0. The van der Waals surface area contributed by atoms with E-state index in [0.29, 0.717) is 0 Å². The van der Waals surface area contributed by atoms with Gasteiger partial charge in [0.1, 0.15) is 5.56 Å². The molecule has 0 heterocycles. The van der Waals surface area contributed by atoms with Crippen molar-refractivity contribution >= 4 is 11.1 Å². The monoisotopic (exact) mass is 331 g/mol. The van der Waals surface area contributed by atoms with Crippen molar-refractivity contribution in [2.45, 2.75) is 11.2 Å². The van der Waals surface area contributed by atoms with Crippen molar-refractivity contribution in [3.63, 3.8) is 0 Å². The first kappa shape index (κ1) is 16.8. The van der Waals surface area contributed by atoms with E-state index in [-0.39, 0.29) is 0 Å². The summed E-state index contributed by atoms with van der Waals surface area (Å²) in [6.07, 6.45) is 0. The molecule has 0 aliphatic heterocycles. The molecule has 20 heavy (non-hydrogen) atoms. The van der Waals surface area contributed by atoms with E-state index in [0.717, 1.165) is 0 Å². The normalized spacial score (nSPS) is 14.5. The molecule has 1 aromatic carbocycles. The Morgan fingerprint density at radius 1 is 0.750 bits per heavy atom. The molecule has 0 N–H and O–H groups in total. The van der Waals surface area contributed by atoms with Gasteiger partial charge in [0, 0.05) is 11.1 Å². The fraction of sp³-hybridized carbons (Fsp3) is 0.250. The summed E-state index contributed by atoms with van der Waals surface area (Å²) in [7, 11) is 0. The summed E-state index contributed by atoms with van der Waals surface area (Å²) >= 11 is -4.89. The maximum Gasteiger partial charge on any atom is 0.375 e. The van der Waals surface area contributed by atoms with Gasteiger partial charge in [-0.05, 0) is 0 Å². The number of rotatable bonds is 3. The molecule has 1 atom stereocenters. The molecule has 1 aromatic rings. The van der Waals surface area contributed by atoms with E-state index in [2.05, 4.69) is 0 Å². The second kappa shape index (κ2) is 4.91. The van der Waals surface area contributed by atoms with E-state index in [4.69, 9.17) is 0 Å². The number of hydrogen-bond acceptors (Lipinski definition) is 2. The molecule has 0 radical (unpaired) electrons. The number of alkyl halides is 4. The van der Waals surface area contributed by atoms with Crippen LogP contribution in [0.15, 0.2) is 0 Å². The van der Waals surface area contributed by atoms with Crippen molar-refractivity contribution in [2.24, 2.45) is 0 Å². The van der Waals surface area contributed by atoms with Gasteiger partial charge in [-0.2, -0.15) is 17.6 Å². The maximum atomic E-state index is 13.1. The largest absolute Gasteiger partial charge is 0.768 e. The topological polar surface area (TPSA) is 40.1 Å². The third kappa shape index (κ3) is 2.16. The second-order valence-corrected chi connectivity index (χ2v) is 4.25. The van der Waals surface area contributed by atoms with Crippen molar-refractivity contribution in [3.05, 3.63) is 34.6 Å². The third-order valence-corrected chi connectivity index (χ3v) is 2.77. The number of benzene rings is 1. The fourth-order valence-corrected chi connectivity index (χ4v) is 1.44. The molecule has 1 unspecified atom stereocenters. The SMILES string of the molecule is O=S([O-])C(F)(F)C(F)(F)c1c(F)c(F)c(F)c(F)c1F. The predicted molar refractivity (Wildman–Crippen MR) is 44.0 cm³/mol. The van der Waals surface area contributed by atoms with Gasteiger partial charge in [-0.15, -0.1) is 0 Å². The molecule has 0 aliphatic rings. The lowest BCUT2D eigenvalue weighted by Crippen LogP contribution is -2.43. The minimum absolute atomic E-state index is 2.86. The van der Waals surface area contributed by atoms with Crippen molar-refractivity contribution < 1.29 is 48.3 Å². The first-order valence-electron chi connectivity index (χ1n) is 4.24. The quantitative estimate of drug-likeness (QED) is 0.370. The van der Waals surface area contributed by atoms with Gasteiger partial charge in [-0.1, -0.05) is 0 Å². The van der Waals surface area contributed by atoms with Gasteiger partial charge in [-0.25, -0.2) is 22.0 Å². The average molecular weight is 331 g/mol. The van der Waals surface area contributed by atoms with Gasteiger partial charge < -0.3 is 4.55 Å². The van der Waals surface area contributed by atoms with Crippen LogP contribution in [-0.4, -0.2) is 14.0 Å². The molecule has 0 amide bonds. The van der Waals surface area contributed by atoms with E-state index in [1.54, 1.807) is 0 Å². The summed E-state index contributed by atoms with van der Waals surface area (Å²) in [4.78, 5) is 0. The highest BCUT2D eigenvalue weighted by atomic mass is 32.2. The highest BCUT2D eigenvalue weighted by Crippen LogP contribution is 2.47. The van der Waals surface area contributed by atoms with Crippen LogP contribution in [0.2, 0.25) is 0 Å². The average Bonchev–Trinajstić information content (AvgIpc) is 2.33. The van der Waals surface area contributed by atoms with E-state index < -0.39 is 56.9 Å². The van der Waals surface area contributed by atoms with Crippen LogP contribution in [0, 0.1) is 29.1 Å². The molecule has 0 aromatic heterocycles. The zero-order chi connectivity index (χ0) is 16.0. The Labute approximate surface area is 106 Å². The van der Waals surface area contributed by atoms with Crippen LogP contribution in [0.5, 0.6) is 0 Å². The van der Waals surface area contributed by atoms with Gasteiger partial charge in [0.25, 0.3) is 0 Å². The smallest absolute Gasteiger partial charge is 0.375 e. The molecular formula is C8F9O2S-. The lowest BCUT2D eigenvalue weighted by atomic mass is 10.1. The molecule has 114 valence electrons. The Morgan fingerprint density at radius 2 is 1.05 bits per heavy atom. The van der Waals surface area contributed by atoms with Gasteiger partial charge in [0.15, 0.2) is 23.3 Å². The molecule has 0 saturated carbocycles. The van der Waals surface area contributed by atoms with Crippen LogP contribution in [0.3, 0.4) is 0 Å². The number of hydrogen-bond donors (Lipinski definition) is 0. The zero-order valence-corrected chi connectivity index (χ0v) is 9.44. The molecule has 0 bridgehead atoms. The van der Waals surface area contributed by atoms with Gasteiger partial charge >= 0.3 is 11.2 Å². The van der Waals surface area contributed by atoms with E-state index in [1.807, 2.05) is 0 Å². The fourth-order valence-electron chi connectivity index (χ4n) is 1.13. The Balaban J connectivity index is 3.76. The summed E-state index contributed by atoms with van der Waals surface area (Å²) in [6, 6.07) is 0. The minimum Gasteiger partial charge on any atom is -0.768 e. The molecule has 12 heteroatoms. The summed E-state index contributed by atoms with van der Waals surface area (Å²) in [5.41, 5.74) is -3.23. The van der Waals surface area contributed by atoms with Gasteiger partial charge in [0.2, 0.25) is 5.82 Å². The Bertz CT molecular complexity index is 557. The number of halogens is 9. The predicted octanol–water partition coefficient (Wildman–Crippen LogP) is 2.95. The summed E-state index contributed by atoms with van der Waals surface area (Å²) in [5, 5.41) is -6.09. The Kier molecular flexibility index (Phi) is 4.11. The van der Waals surface area contributed by atoms with E-state index in [9.17, 15) is 48.3 Å². The molecule has 0 aliphatic carbocycles. The van der Waals surface area contributed by atoms with Crippen LogP contribution in [-0.2, 0) is 17.0 Å². The van der Waals surface area contributed by atoms with Crippen molar-refractivity contribution in [1.82, 2.24) is 0 Å². The maximum absolute atomic E-state index is 13.1. The van der Waals surface area contributed by atoms with Crippen LogP contribution >= 0.6 is 0 Å². The zero-order valence-electron chi connectivity index (χ0n) is 8.63. The molecule has 0 fully saturated rings. The lowest BCUT2D eigenvalue weighted by Gasteiger charge is -2.28. The first-order chi connectivity index (χ1) is 8.87. The van der Waals surface area contributed by atoms with Crippen molar-refractivity contribution in [1.29, 1.82) is 0 Å². The first-order valence-corrected chi connectivity index (χ1v) is 5.31. The van der Waals surface area contributed by atoms with E-state index in [1.165, 1.54) is 0 Å². The van der Waals surface area contributed by atoms with Crippen LogP contribution in [0.4, 0.5) is 39.5 Å². The van der Waals surface area contributed by atoms with Crippen molar-refractivity contribution in [3.8, 4) is 0 Å². The van der Waals surface area contributed by atoms with Crippen LogP contribution in [0.25, 0.3) is 0 Å². The Morgan fingerprint density at radius 3 is 1.35 bits per heavy atom. The Hall–Kier alpha value is -1.30. The van der Waals surface area contributed by atoms with Gasteiger partial charge in [0.05, 0.1) is 0 Å². The molecule has 0 saturated heterocycles. The van der Waals surface area contributed by atoms with Crippen LogP contribution in [0.1, 0.15) is 5.56 Å². The highest BCUT2D eigenvalue weighted by molar-refractivity contribution is 7.80. The standard InChI is InChI=1S/C8HF9O2S/c9-2-1(3(10)5(12)6(13)4(2)11)7(14,15)8(16,17)20(18)19/h(H,18,19)/p-1. The van der Waals surface area contributed by atoms with Crippen molar-refractivity contribution in [2.75, 3.05) is 0 Å². The molecule has 0 spiro atoms. The van der Waals surface area contributed by atoms with E-state index >= 15 is 0 Å². The molecule has 1 rings (SSSR count).